The summed E-state index contributed by atoms with van der Waals surface area (Å²) in [6, 6.07) is 9.82. The molecule has 0 saturated carbocycles. The van der Waals surface area contributed by atoms with Crippen LogP contribution < -0.4 is 5.32 Å². The van der Waals surface area contributed by atoms with E-state index in [2.05, 4.69) is 19.2 Å². The lowest BCUT2D eigenvalue weighted by molar-refractivity contribution is -0.144. The van der Waals surface area contributed by atoms with Gasteiger partial charge in [0, 0.05) is 6.54 Å². The molecule has 0 spiro atoms. The van der Waals surface area contributed by atoms with E-state index in [1.807, 2.05) is 30.3 Å². The Morgan fingerprint density at radius 2 is 1.94 bits per heavy atom. The molecule has 0 aromatic heterocycles. The van der Waals surface area contributed by atoms with Gasteiger partial charge in [-0.25, -0.2) is 0 Å². The maximum absolute atomic E-state index is 11.6. The number of hydrogen-bond acceptors (Lipinski definition) is 3. The van der Waals surface area contributed by atoms with Crippen molar-refractivity contribution in [1.29, 1.82) is 0 Å². The van der Waals surface area contributed by atoms with Gasteiger partial charge in [0.1, 0.15) is 6.04 Å². The van der Waals surface area contributed by atoms with Crippen molar-refractivity contribution in [2.45, 2.75) is 32.9 Å². The number of methoxy groups -OCH3 is 1. The van der Waals surface area contributed by atoms with Gasteiger partial charge in [0.15, 0.2) is 0 Å². The number of rotatable bonds is 6. The van der Waals surface area contributed by atoms with E-state index >= 15 is 0 Å². The lowest BCUT2D eigenvalue weighted by Gasteiger charge is -2.21. The predicted molar refractivity (Wildman–Crippen MR) is 75.8 cm³/mol. The van der Waals surface area contributed by atoms with Gasteiger partial charge in [0.25, 0.3) is 0 Å². The molecule has 0 fully saturated rings. The fraction of sp³-hybridized carbons (Fsp3) is 0.500. The summed E-state index contributed by atoms with van der Waals surface area (Å²) in [5.74, 6) is 0.0847. The molecule has 0 aliphatic heterocycles. The summed E-state index contributed by atoms with van der Waals surface area (Å²) in [6.45, 7) is 4.81. The van der Waals surface area contributed by atoms with Gasteiger partial charge < -0.3 is 10.1 Å². The molecule has 0 aliphatic carbocycles. The number of carbonyl (C=O) groups is 1. The highest BCUT2D eigenvalue weighted by molar-refractivity contribution is 5.85. The minimum atomic E-state index is -0.231. The number of halogens is 1. The van der Waals surface area contributed by atoms with Crippen LogP contribution in [0.3, 0.4) is 0 Å². The molecule has 18 heavy (non-hydrogen) atoms. The van der Waals surface area contributed by atoms with Crippen molar-refractivity contribution in [3.63, 3.8) is 0 Å². The Kier molecular flexibility index (Phi) is 8.42. The molecule has 1 aromatic carbocycles. The number of benzene rings is 1. The molecule has 2 unspecified atom stereocenters. The Bertz CT molecular complexity index is 343. The van der Waals surface area contributed by atoms with E-state index in [4.69, 9.17) is 4.74 Å². The van der Waals surface area contributed by atoms with E-state index in [1.165, 1.54) is 12.7 Å². The number of nitrogens with one attached hydrogen (secondary N) is 1. The van der Waals surface area contributed by atoms with E-state index in [9.17, 15) is 4.79 Å². The summed E-state index contributed by atoms with van der Waals surface area (Å²) in [4.78, 5) is 11.6. The zero-order valence-electron chi connectivity index (χ0n) is 11.2. The van der Waals surface area contributed by atoms with E-state index in [0.717, 1.165) is 6.42 Å². The first-order valence-electron chi connectivity index (χ1n) is 6.04. The smallest absolute Gasteiger partial charge is 0.323 e. The van der Waals surface area contributed by atoms with Gasteiger partial charge in [-0.3, -0.25) is 4.79 Å². The zero-order chi connectivity index (χ0) is 12.7. The van der Waals surface area contributed by atoms with Crippen molar-refractivity contribution >= 4 is 18.4 Å². The maximum Gasteiger partial charge on any atom is 0.323 e. The molecule has 0 radical (unpaired) electrons. The van der Waals surface area contributed by atoms with Crippen LogP contribution >= 0.6 is 12.4 Å². The highest BCUT2D eigenvalue weighted by Crippen LogP contribution is 2.10. The quantitative estimate of drug-likeness (QED) is 0.809. The van der Waals surface area contributed by atoms with Crippen molar-refractivity contribution in [3.05, 3.63) is 35.9 Å². The molecule has 4 heteroatoms. The van der Waals surface area contributed by atoms with Gasteiger partial charge in [-0.15, -0.1) is 12.4 Å². The van der Waals surface area contributed by atoms with Crippen molar-refractivity contribution in [1.82, 2.24) is 5.32 Å². The topological polar surface area (TPSA) is 38.3 Å². The number of carbonyl (C=O) groups excluding carboxylic acids is 1. The molecule has 0 bridgehead atoms. The Morgan fingerprint density at radius 1 is 1.33 bits per heavy atom. The number of ether oxygens (including phenoxy) is 1. The average molecular weight is 272 g/mol. The minimum Gasteiger partial charge on any atom is -0.468 e. The second kappa shape index (κ2) is 8.95. The molecule has 1 rings (SSSR count). The largest absolute Gasteiger partial charge is 0.468 e. The molecule has 1 aromatic rings. The standard InChI is InChI=1S/C14H21NO2.ClH/c1-4-11(2)13(14(16)17-3)15-10-12-8-6-5-7-9-12;/h5-9,11,13,15H,4,10H2,1-3H3;1H. The first-order valence-corrected chi connectivity index (χ1v) is 6.04. The fourth-order valence-corrected chi connectivity index (χ4v) is 1.70. The summed E-state index contributed by atoms with van der Waals surface area (Å²) < 4.78 is 4.82. The van der Waals surface area contributed by atoms with Crippen LogP contribution in [0.4, 0.5) is 0 Å². The molecule has 2 atom stereocenters. The maximum atomic E-state index is 11.6. The Balaban J connectivity index is 0.00000289. The third-order valence-electron chi connectivity index (χ3n) is 3.04. The van der Waals surface area contributed by atoms with Crippen LogP contribution in [0.1, 0.15) is 25.8 Å². The predicted octanol–water partition coefficient (Wildman–Crippen LogP) is 2.79. The van der Waals surface area contributed by atoms with Crippen LogP contribution in [0.25, 0.3) is 0 Å². The molecule has 0 aliphatic rings. The van der Waals surface area contributed by atoms with Crippen LogP contribution in [-0.4, -0.2) is 19.1 Å². The van der Waals surface area contributed by atoms with Gasteiger partial charge in [-0.1, -0.05) is 50.6 Å². The highest BCUT2D eigenvalue weighted by Gasteiger charge is 2.23. The van der Waals surface area contributed by atoms with Crippen LogP contribution in [0, 0.1) is 5.92 Å². The SMILES string of the molecule is CCC(C)C(NCc1ccccc1)C(=O)OC.Cl. The molecule has 1 N–H and O–H groups in total. The third kappa shape index (κ3) is 5.07. The van der Waals surface area contributed by atoms with Gasteiger partial charge in [-0.2, -0.15) is 0 Å². The second-order valence-corrected chi connectivity index (χ2v) is 4.25. The summed E-state index contributed by atoms with van der Waals surface area (Å²) in [5, 5.41) is 3.26. The van der Waals surface area contributed by atoms with Crippen molar-refractivity contribution < 1.29 is 9.53 Å². The van der Waals surface area contributed by atoms with E-state index in [-0.39, 0.29) is 30.3 Å². The molecular weight excluding hydrogens is 250 g/mol. The van der Waals surface area contributed by atoms with Crippen molar-refractivity contribution in [2.24, 2.45) is 5.92 Å². The fourth-order valence-electron chi connectivity index (χ4n) is 1.70. The lowest BCUT2D eigenvalue weighted by atomic mass is 9.99. The molecule has 3 nitrogen and oxygen atoms in total. The number of hydrogen-bond donors (Lipinski definition) is 1. The first-order chi connectivity index (χ1) is 8.19. The van der Waals surface area contributed by atoms with E-state index in [0.29, 0.717) is 6.54 Å². The third-order valence-corrected chi connectivity index (χ3v) is 3.04. The van der Waals surface area contributed by atoms with Crippen LogP contribution in [0.15, 0.2) is 30.3 Å². The number of esters is 1. The summed E-state index contributed by atoms with van der Waals surface area (Å²) in [5.41, 5.74) is 1.17. The lowest BCUT2D eigenvalue weighted by Crippen LogP contribution is -2.42. The molecule has 0 amide bonds. The van der Waals surface area contributed by atoms with Crippen molar-refractivity contribution in [2.75, 3.05) is 7.11 Å². The van der Waals surface area contributed by atoms with E-state index in [1.54, 1.807) is 0 Å². The summed E-state index contributed by atoms with van der Waals surface area (Å²) in [7, 11) is 1.43. The Hall–Kier alpha value is -1.06. The van der Waals surface area contributed by atoms with Crippen LogP contribution in [0.5, 0.6) is 0 Å². The summed E-state index contributed by atoms with van der Waals surface area (Å²) >= 11 is 0. The zero-order valence-corrected chi connectivity index (χ0v) is 12.0. The summed E-state index contributed by atoms with van der Waals surface area (Å²) in [6.07, 6.45) is 0.946. The van der Waals surface area contributed by atoms with Gasteiger partial charge in [0.05, 0.1) is 7.11 Å². The average Bonchev–Trinajstić information content (AvgIpc) is 2.39. The van der Waals surface area contributed by atoms with Crippen LogP contribution in [0.2, 0.25) is 0 Å². The van der Waals surface area contributed by atoms with Gasteiger partial charge in [-0.05, 0) is 11.5 Å². The molecule has 0 heterocycles. The molecule has 102 valence electrons. The van der Waals surface area contributed by atoms with Gasteiger partial charge >= 0.3 is 5.97 Å². The normalized spacial score (nSPS) is 13.3. The van der Waals surface area contributed by atoms with Gasteiger partial charge in [0.2, 0.25) is 0 Å². The molecule has 0 saturated heterocycles. The monoisotopic (exact) mass is 271 g/mol. The second-order valence-electron chi connectivity index (χ2n) is 4.25. The van der Waals surface area contributed by atoms with Crippen LogP contribution in [-0.2, 0) is 16.1 Å². The minimum absolute atomic E-state index is 0. The Labute approximate surface area is 115 Å². The first kappa shape index (κ1) is 16.9. The Morgan fingerprint density at radius 3 is 2.44 bits per heavy atom. The highest BCUT2D eigenvalue weighted by atomic mass is 35.5. The molecular formula is C14H22ClNO2. The van der Waals surface area contributed by atoms with Crippen molar-refractivity contribution in [3.8, 4) is 0 Å². The van der Waals surface area contributed by atoms with E-state index < -0.39 is 0 Å².